The summed E-state index contributed by atoms with van der Waals surface area (Å²) in [5.74, 6) is 0.699. The van der Waals surface area contributed by atoms with Gasteiger partial charge in [0.1, 0.15) is 5.52 Å². The molecule has 4 rings (SSSR count). The molecule has 1 fully saturated rings. The first-order valence-corrected chi connectivity index (χ1v) is 11.0. The molecule has 0 unspecified atom stereocenters. The van der Waals surface area contributed by atoms with Crippen molar-refractivity contribution in [1.29, 1.82) is 0 Å². The first-order chi connectivity index (χ1) is 14.6. The van der Waals surface area contributed by atoms with Crippen molar-refractivity contribution < 1.29 is 9.53 Å². The molecule has 0 bridgehead atoms. The Hall–Kier alpha value is -2.83. The highest BCUT2D eigenvalue weighted by Crippen LogP contribution is 2.22. The molecule has 0 atom stereocenters. The number of ether oxygens (including phenoxy) is 1. The second kappa shape index (κ2) is 8.90. The predicted octanol–water partition coefficient (Wildman–Crippen LogP) is 3.62. The fourth-order valence-corrected chi connectivity index (χ4v) is 4.44. The Kier molecular flexibility index (Phi) is 6.06. The topological polar surface area (TPSA) is 68.8 Å². The number of carbonyl (C=O) groups is 1. The van der Waals surface area contributed by atoms with Gasteiger partial charge < -0.3 is 14.2 Å². The highest BCUT2D eigenvalue weighted by atomic mass is 16.5. The maximum Gasteiger partial charge on any atom is 0.275 e. The Balaban J connectivity index is 1.40. The molecule has 160 valence electrons. The summed E-state index contributed by atoms with van der Waals surface area (Å²) in [5, 5.41) is 0. The van der Waals surface area contributed by atoms with Gasteiger partial charge in [-0.05, 0) is 44.4 Å². The highest BCUT2D eigenvalue weighted by molar-refractivity contribution is 5.76. The number of hydrogen-bond donors (Lipinski definition) is 0. The fraction of sp³-hybridized carbons (Fsp3) is 0.522. The second-order valence-electron chi connectivity index (χ2n) is 8.05. The molecule has 0 aliphatic heterocycles. The zero-order valence-corrected chi connectivity index (χ0v) is 17.8. The second-order valence-corrected chi connectivity index (χ2v) is 8.05. The molecule has 3 heterocycles. The van der Waals surface area contributed by atoms with Gasteiger partial charge in [0.05, 0.1) is 12.1 Å². The van der Waals surface area contributed by atoms with Crippen molar-refractivity contribution in [2.45, 2.75) is 64.5 Å². The fourth-order valence-electron chi connectivity index (χ4n) is 4.44. The van der Waals surface area contributed by atoms with Crippen molar-refractivity contribution in [2.24, 2.45) is 0 Å². The van der Waals surface area contributed by atoms with Crippen molar-refractivity contribution >= 4 is 22.6 Å². The molecule has 0 radical (unpaired) electrons. The summed E-state index contributed by atoms with van der Waals surface area (Å²) >= 11 is 0. The van der Waals surface area contributed by atoms with Crippen molar-refractivity contribution in [3.8, 4) is 5.88 Å². The van der Waals surface area contributed by atoms with Crippen LogP contribution < -0.4 is 10.3 Å². The third kappa shape index (κ3) is 3.93. The smallest absolute Gasteiger partial charge is 0.275 e. The number of fused-ring (bicyclic) bond motifs is 3. The van der Waals surface area contributed by atoms with E-state index in [0.717, 1.165) is 18.4 Å². The highest BCUT2D eigenvalue weighted by Gasteiger charge is 2.21. The van der Waals surface area contributed by atoms with E-state index in [1.54, 1.807) is 21.1 Å². The maximum atomic E-state index is 12.6. The average Bonchev–Trinajstić information content (AvgIpc) is 3.28. The molecule has 7 heteroatoms. The molecule has 1 saturated carbocycles. The van der Waals surface area contributed by atoms with Crippen LogP contribution in [0.25, 0.3) is 16.7 Å². The van der Waals surface area contributed by atoms with Gasteiger partial charge in [-0.15, -0.1) is 0 Å². The quantitative estimate of drug-likeness (QED) is 0.558. The molecule has 1 aliphatic rings. The molecule has 1 aliphatic carbocycles. The molecule has 30 heavy (non-hydrogen) atoms. The molecule has 0 saturated heterocycles. The van der Waals surface area contributed by atoms with E-state index >= 15 is 0 Å². The normalized spacial score (nSPS) is 15.0. The van der Waals surface area contributed by atoms with Crippen LogP contribution in [0.3, 0.4) is 0 Å². The molecule has 0 spiro atoms. The number of rotatable bonds is 7. The Labute approximate surface area is 176 Å². The van der Waals surface area contributed by atoms with Crippen LogP contribution in [0.5, 0.6) is 5.88 Å². The van der Waals surface area contributed by atoms with Crippen LogP contribution in [0.15, 0.2) is 35.3 Å². The van der Waals surface area contributed by atoms with Crippen LogP contribution in [0.4, 0.5) is 0 Å². The van der Waals surface area contributed by atoms with Gasteiger partial charge in [0.15, 0.2) is 5.65 Å². The Morgan fingerprint density at radius 3 is 2.77 bits per heavy atom. The first-order valence-electron chi connectivity index (χ1n) is 11.0. The molecule has 0 aromatic carbocycles. The van der Waals surface area contributed by atoms with E-state index in [0.29, 0.717) is 49.1 Å². The first kappa shape index (κ1) is 20.4. The molecular weight excluding hydrogens is 380 g/mol. The molecule has 0 N–H and O–H groups in total. The Morgan fingerprint density at radius 2 is 2.00 bits per heavy atom. The number of aromatic nitrogens is 3. The van der Waals surface area contributed by atoms with Crippen molar-refractivity contribution in [1.82, 2.24) is 18.9 Å². The molecule has 1 amide bonds. The summed E-state index contributed by atoms with van der Waals surface area (Å²) < 4.78 is 9.36. The lowest BCUT2D eigenvalue weighted by atomic mass is 9.94. The number of hydrogen-bond acceptors (Lipinski definition) is 4. The third-order valence-corrected chi connectivity index (χ3v) is 6.18. The van der Waals surface area contributed by atoms with Gasteiger partial charge in [0.25, 0.3) is 5.56 Å². The lowest BCUT2D eigenvalue weighted by molar-refractivity contribution is -0.132. The van der Waals surface area contributed by atoms with E-state index in [2.05, 4.69) is 4.98 Å². The summed E-state index contributed by atoms with van der Waals surface area (Å²) in [6.45, 7) is 2.96. The van der Waals surface area contributed by atoms with Gasteiger partial charge in [-0.1, -0.05) is 19.3 Å². The predicted molar refractivity (Wildman–Crippen MR) is 117 cm³/mol. The minimum atomic E-state index is -0.0222. The van der Waals surface area contributed by atoms with Gasteiger partial charge in [-0.2, -0.15) is 4.98 Å². The minimum absolute atomic E-state index is 0.0222. The summed E-state index contributed by atoms with van der Waals surface area (Å²) in [6, 6.07) is 7.72. The number of carbonyl (C=O) groups excluding carboxylic acids is 1. The number of pyridine rings is 1. The van der Waals surface area contributed by atoms with Gasteiger partial charge in [-0.3, -0.25) is 14.0 Å². The Morgan fingerprint density at radius 1 is 1.20 bits per heavy atom. The van der Waals surface area contributed by atoms with E-state index < -0.39 is 0 Å². The molecule has 7 nitrogen and oxygen atoms in total. The van der Waals surface area contributed by atoms with E-state index in [4.69, 9.17) is 4.74 Å². The molecular formula is C23H30N4O3. The molecule has 3 aromatic rings. The van der Waals surface area contributed by atoms with E-state index in [1.165, 1.54) is 19.3 Å². The van der Waals surface area contributed by atoms with Crippen molar-refractivity contribution in [2.75, 3.05) is 13.7 Å². The SMILES string of the molecule is CCn1c(=O)c2cccn2c2nc(OCCCC(=O)N(C)C3CCCCC3)ccc21. The van der Waals surface area contributed by atoms with Crippen molar-refractivity contribution in [3.05, 3.63) is 40.8 Å². The van der Waals surface area contributed by atoms with Gasteiger partial charge in [0, 0.05) is 38.3 Å². The standard InChI is InChI=1S/C23H30N4O3/c1-3-26-18-13-14-20(24-22(18)27-15-7-11-19(27)23(26)29)30-16-8-12-21(28)25(2)17-9-5-4-6-10-17/h7,11,13-15,17H,3-6,8-10,12,16H2,1-2H3. The van der Waals surface area contributed by atoms with E-state index in [-0.39, 0.29) is 11.5 Å². The van der Waals surface area contributed by atoms with Crippen LogP contribution in [0, 0.1) is 0 Å². The molecule has 3 aromatic heterocycles. The summed E-state index contributed by atoms with van der Waals surface area (Å²) in [4.78, 5) is 31.6. The minimum Gasteiger partial charge on any atom is -0.478 e. The van der Waals surface area contributed by atoms with Crippen LogP contribution in [-0.4, -0.2) is 44.5 Å². The largest absolute Gasteiger partial charge is 0.478 e. The number of aryl methyl sites for hydroxylation is 1. The summed E-state index contributed by atoms with van der Waals surface area (Å²) in [6.07, 6.45) is 8.96. The Bertz CT molecular complexity index is 1090. The monoisotopic (exact) mass is 410 g/mol. The van der Waals surface area contributed by atoms with Crippen molar-refractivity contribution in [3.63, 3.8) is 0 Å². The van der Waals surface area contributed by atoms with Crippen LogP contribution in [-0.2, 0) is 11.3 Å². The van der Waals surface area contributed by atoms with Crippen LogP contribution >= 0.6 is 0 Å². The van der Waals surface area contributed by atoms with E-state index in [9.17, 15) is 9.59 Å². The van der Waals surface area contributed by atoms with Crippen LogP contribution in [0.1, 0.15) is 51.9 Å². The average molecular weight is 411 g/mol. The van der Waals surface area contributed by atoms with E-state index in [1.807, 2.05) is 37.2 Å². The van der Waals surface area contributed by atoms with Gasteiger partial charge in [0.2, 0.25) is 11.8 Å². The maximum absolute atomic E-state index is 12.6. The number of nitrogens with zero attached hydrogens (tertiary/aromatic N) is 4. The van der Waals surface area contributed by atoms with Crippen LogP contribution in [0.2, 0.25) is 0 Å². The number of amides is 1. The summed E-state index contributed by atoms with van der Waals surface area (Å²) in [7, 11) is 1.93. The third-order valence-electron chi connectivity index (χ3n) is 6.18. The van der Waals surface area contributed by atoms with Gasteiger partial charge in [-0.25, -0.2) is 0 Å². The van der Waals surface area contributed by atoms with Gasteiger partial charge >= 0.3 is 0 Å². The lowest BCUT2D eigenvalue weighted by Crippen LogP contribution is -2.38. The zero-order chi connectivity index (χ0) is 21.1. The lowest BCUT2D eigenvalue weighted by Gasteiger charge is -2.31. The zero-order valence-electron chi connectivity index (χ0n) is 17.8. The summed E-state index contributed by atoms with van der Waals surface area (Å²) in [5.41, 5.74) is 2.06.